The summed E-state index contributed by atoms with van der Waals surface area (Å²) in [6.07, 6.45) is 0. The highest BCUT2D eigenvalue weighted by Crippen LogP contribution is 2.32. The molecule has 0 amide bonds. The van der Waals surface area contributed by atoms with E-state index in [0.29, 0.717) is 11.6 Å². The van der Waals surface area contributed by atoms with E-state index in [2.05, 4.69) is 0 Å². The van der Waals surface area contributed by atoms with Gasteiger partial charge in [0.1, 0.15) is 11.5 Å². The topological polar surface area (TPSA) is 29.5 Å². The molecule has 0 aliphatic heterocycles. The highest BCUT2D eigenvalue weighted by atomic mass is 35.5. The molecule has 0 bridgehead atoms. The van der Waals surface area contributed by atoms with Gasteiger partial charge in [0, 0.05) is 5.56 Å². The van der Waals surface area contributed by atoms with Gasteiger partial charge in [-0.1, -0.05) is 23.7 Å². The van der Waals surface area contributed by atoms with Gasteiger partial charge in [0.25, 0.3) is 0 Å². The van der Waals surface area contributed by atoms with Gasteiger partial charge in [-0.05, 0) is 42.8 Å². The normalized spacial score (nSPS) is 10.2. The summed E-state index contributed by atoms with van der Waals surface area (Å²) in [6, 6.07) is 12.5. The monoisotopic (exact) mass is 248 g/mol. The quantitative estimate of drug-likeness (QED) is 0.886. The van der Waals surface area contributed by atoms with E-state index in [1.165, 1.54) is 0 Å². The lowest BCUT2D eigenvalue weighted by Crippen LogP contribution is -1.91. The molecule has 17 heavy (non-hydrogen) atoms. The molecular formula is C14H13ClO2. The first kappa shape index (κ1) is 11.8. The third-order valence-corrected chi connectivity index (χ3v) is 2.72. The van der Waals surface area contributed by atoms with Crippen LogP contribution in [-0.2, 0) is 0 Å². The molecule has 0 radical (unpaired) electrons. The van der Waals surface area contributed by atoms with E-state index in [4.69, 9.17) is 16.3 Å². The zero-order chi connectivity index (χ0) is 12.3. The summed E-state index contributed by atoms with van der Waals surface area (Å²) in [5.41, 5.74) is 1.77. The highest BCUT2D eigenvalue weighted by molar-refractivity contribution is 6.33. The number of hydrogen-bond acceptors (Lipinski definition) is 2. The van der Waals surface area contributed by atoms with Crippen molar-refractivity contribution in [3.8, 4) is 22.6 Å². The zero-order valence-electron chi connectivity index (χ0n) is 9.48. The Morgan fingerprint density at radius 1 is 1.18 bits per heavy atom. The Kier molecular flexibility index (Phi) is 3.55. The predicted octanol–water partition coefficient (Wildman–Crippen LogP) is 4.11. The number of benzene rings is 2. The van der Waals surface area contributed by atoms with Crippen molar-refractivity contribution in [3.63, 3.8) is 0 Å². The maximum Gasteiger partial charge on any atom is 0.120 e. The van der Waals surface area contributed by atoms with Gasteiger partial charge in [0.2, 0.25) is 0 Å². The number of hydrogen-bond donors (Lipinski definition) is 1. The van der Waals surface area contributed by atoms with Crippen molar-refractivity contribution in [1.82, 2.24) is 0 Å². The number of ether oxygens (including phenoxy) is 1. The van der Waals surface area contributed by atoms with Crippen molar-refractivity contribution in [1.29, 1.82) is 0 Å². The molecule has 0 saturated heterocycles. The Balaban J connectivity index is 2.39. The summed E-state index contributed by atoms with van der Waals surface area (Å²) in [5.74, 6) is 0.980. The van der Waals surface area contributed by atoms with E-state index in [9.17, 15) is 5.11 Å². The molecule has 3 heteroatoms. The second-order valence-electron chi connectivity index (χ2n) is 3.62. The summed E-state index contributed by atoms with van der Waals surface area (Å²) >= 11 is 6.19. The van der Waals surface area contributed by atoms with Crippen LogP contribution in [0.25, 0.3) is 11.1 Å². The second-order valence-corrected chi connectivity index (χ2v) is 4.03. The van der Waals surface area contributed by atoms with Crippen LogP contribution in [-0.4, -0.2) is 11.7 Å². The van der Waals surface area contributed by atoms with E-state index in [0.717, 1.165) is 16.9 Å². The van der Waals surface area contributed by atoms with Crippen LogP contribution in [0.2, 0.25) is 5.02 Å². The molecule has 0 unspecified atom stereocenters. The molecule has 2 nitrogen and oxygen atoms in total. The van der Waals surface area contributed by atoms with Crippen molar-refractivity contribution < 1.29 is 9.84 Å². The van der Waals surface area contributed by atoms with E-state index in [-0.39, 0.29) is 5.75 Å². The fourth-order valence-electron chi connectivity index (χ4n) is 1.66. The standard InChI is InChI=1S/C14H13ClO2/c1-2-17-12-6-7-13(14(15)9-12)10-4-3-5-11(16)8-10/h3-9,16H,2H2,1H3. The van der Waals surface area contributed by atoms with Crippen molar-refractivity contribution in [3.05, 3.63) is 47.5 Å². The number of phenols is 1. The fraction of sp³-hybridized carbons (Fsp3) is 0.143. The van der Waals surface area contributed by atoms with Gasteiger partial charge in [0.15, 0.2) is 0 Å². The minimum absolute atomic E-state index is 0.229. The van der Waals surface area contributed by atoms with Crippen LogP contribution in [0.15, 0.2) is 42.5 Å². The smallest absolute Gasteiger partial charge is 0.120 e. The molecule has 88 valence electrons. The molecule has 2 aromatic rings. The molecule has 0 atom stereocenters. The lowest BCUT2D eigenvalue weighted by atomic mass is 10.1. The molecule has 0 saturated carbocycles. The van der Waals surface area contributed by atoms with Gasteiger partial charge in [0.05, 0.1) is 11.6 Å². The molecule has 0 aromatic heterocycles. The van der Waals surface area contributed by atoms with Crippen molar-refractivity contribution in [2.75, 3.05) is 6.61 Å². The molecule has 2 aromatic carbocycles. The molecule has 1 N–H and O–H groups in total. The molecule has 0 aliphatic rings. The van der Waals surface area contributed by atoms with Gasteiger partial charge in [-0.3, -0.25) is 0 Å². The Labute approximate surface area is 105 Å². The largest absolute Gasteiger partial charge is 0.508 e. The zero-order valence-corrected chi connectivity index (χ0v) is 10.2. The third-order valence-electron chi connectivity index (χ3n) is 2.41. The van der Waals surface area contributed by atoms with Gasteiger partial charge in [-0.25, -0.2) is 0 Å². The predicted molar refractivity (Wildman–Crippen MR) is 69.7 cm³/mol. The van der Waals surface area contributed by atoms with E-state index in [1.54, 1.807) is 24.3 Å². The first-order valence-electron chi connectivity index (χ1n) is 5.42. The minimum atomic E-state index is 0.229. The molecule has 0 heterocycles. The van der Waals surface area contributed by atoms with E-state index in [1.807, 2.05) is 25.1 Å². The Bertz CT molecular complexity index is 523. The SMILES string of the molecule is CCOc1ccc(-c2cccc(O)c2)c(Cl)c1. The Morgan fingerprint density at radius 3 is 2.65 bits per heavy atom. The van der Waals surface area contributed by atoms with Gasteiger partial charge >= 0.3 is 0 Å². The summed E-state index contributed by atoms with van der Waals surface area (Å²) in [5, 5.41) is 10.0. The highest BCUT2D eigenvalue weighted by Gasteiger charge is 2.05. The van der Waals surface area contributed by atoms with Gasteiger partial charge in [-0.2, -0.15) is 0 Å². The number of halogens is 1. The summed E-state index contributed by atoms with van der Waals surface area (Å²) in [7, 11) is 0. The maximum atomic E-state index is 9.44. The van der Waals surface area contributed by atoms with Crippen LogP contribution in [0.5, 0.6) is 11.5 Å². The van der Waals surface area contributed by atoms with Crippen molar-refractivity contribution in [2.45, 2.75) is 6.92 Å². The van der Waals surface area contributed by atoms with Crippen LogP contribution < -0.4 is 4.74 Å². The number of phenolic OH excluding ortho intramolecular Hbond substituents is 1. The third kappa shape index (κ3) is 2.71. The number of rotatable bonds is 3. The second kappa shape index (κ2) is 5.11. The van der Waals surface area contributed by atoms with Crippen molar-refractivity contribution in [2.24, 2.45) is 0 Å². The van der Waals surface area contributed by atoms with Crippen molar-refractivity contribution >= 4 is 11.6 Å². The van der Waals surface area contributed by atoms with E-state index < -0.39 is 0 Å². The van der Waals surface area contributed by atoms with Gasteiger partial charge < -0.3 is 9.84 Å². The average Bonchev–Trinajstić information content (AvgIpc) is 2.29. The molecule has 0 spiro atoms. The maximum absolute atomic E-state index is 9.44. The molecule has 0 aliphatic carbocycles. The first-order valence-corrected chi connectivity index (χ1v) is 5.80. The van der Waals surface area contributed by atoms with Gasteiger partial charge in [-0.15, -0.1) is 0 Å². The minimum Gasteiger partial charge on any atom is -0.508 e. The Morgan fingerprint density at radius 2 is 2.00 bits per heavy atom. The lowest BCUT2D eigenvalue weighted by Gasteiger charge is -2.08. The molecular weight excluding hydrogens is 236 g/mol. The molecule has 2 rings (SSSR count). The summed E-state index contributed by atoms with van der Waals surface area (Å²) < 4.78 is 5.37. The number of aromatic hydroxyl groups is 1. The molecule has 0 fully saturated rings. The summed E-state index contributed by atoms with van der Waals surface area (Å²) in [4.78, 5) is 0. The Hall–Kier alpha value is -1.67. The van der Waals surface area contributed by atoms with E-state index >= 15 is 0 Å². The van der Waals surface area contributed by atoms with Crippen LogP contribution in [0.1, 0.15) is 6.92 Å². The van der Waals surface area contributed by atoms with Crippen LogP contribution in [0.4, 0.5) is 0 Å². The average molecular weight is 249 g/mol. The first-order chi connectivity index (χ1) is 8.20. The lowest BCUT2D eigenvalue weighted by molar-refractivity contribution is 0.340. The fourth-order valence-corrected chi connectivity index (χ4v) is 1.94. The van der Waals surface area contributed by atoms with Crippen LogP contribution in [0, 0.1) is 0 Å². The van der Waals surface area contributed by atoms with Crippen LogP contribution >= 0.6 is 11.6 Å². The summed E-state index contributed by atoms with van der Waals surface area (Å²) in [6.45, 7) is 2.54. The van der Waals surface area contributed by atoms with Crippen LogP contribution in [0.3, 0.4) is 0 Å².